The van der Waals surface area contributed by atoms with Gasteiger partial charge in [-0.25, -0.2) is 4.79 Å². The highest BCUT2D eigenvalue weighted by atomic mass is 16.5. The maximum atomic E-state index is 11.8. The topological polar surface area (TPSA) is 77.2 Å². The Morgan fingerprint density at radius 3 is 2.38 bits per heavy atom. The molecular weight excluding hydrogens is 330 g/mol. The highest BCUT2D eigenvalue weighted by Gasteiger charge is 2.15. The van der Waals surface area contributed by atoms with E-state index in [2.05, 4.69) is 16.8 Å². The van der Waals surface area contributed by atoms with Crippen molar-refractivity contribution >= 4 is 27.8 Å². The number of hydrogen-bond acceptors (Lipinski definition) is 5. The lowest BCUT2D eigenvalue weighted by molar-refractivity contribution is -0.130. The van der Waals surface area contributed by atoms with Crippen LogP contribution < -0.4 is 4.74 Å². The molecule has 0 saturated heterocycles. The maximum Gasteiger partial charge on any atom is 0.338 e. The number of hydrogen-bond donors (Lipinski definition) is 1. The molecule has 0 aliphatic heterocycles. The van der Waals surface area contributed by atoms with Crippen LogP contribution in [0.3, 0.4) is 0 Å². The van der Waals surface area contributed by atoms with E-state index in [0.29, 0.717) is 33.4 Å². The summed E-state index contributed by atoms with van der Waals surface area (Å²) in [5, 5.41) is 20.8. The van der Waals surface area contributed by atoms with Crippen LogP contribution in [0.2, 0.25) is 0 Å². The van der Waals surface area contributed by atoms with Gasteiger partial charge < -0.3 is 9.84 Å². The quantitative estimate of drug-likeness (QED) is 0.347. The van der Waals surface area contributed by atoms with Gasteiger partial charge in [-0.05, 0) is 42.6 Å². The number of rotatable bonds is 3. The summed E-state index contributed by atoms with van der Waals surface area (Å²) < 4.78 is 5.30. The van der Waals surface area contributed by atoms with Crippen molar-refractivity contribution in [3.8, 4) is 17.2 Å². The number of fused-ring (bicyclic) bond motifs is 2. The lowest BCUT2D eigenvalue weighted by Crippen LogP contribution is -2.08. The number of nitrogens with zero attached hydrogens (tertiary/aromatic N) is 3. The molecule has 0 aliphatic carbocycles. The molecule has 0 unspecified atom stereocenters. The van der Waals surface area contributed by atoms with Gasteiger partial charge in [0.05, 0.1) is 0 Å². The van der Waals surface area contributed by atoms with Crippen molar-refractivity contribution in [3.63, 3.8) is 0 Å². The third-order valence-electron chi connectivity index (χ3n) is 3.99. The van der Waals surface area contributed by atoms with Crippen molar-refractivity contribution in [2.45, 2.75) is 6.92 Å². The molecule has 0 spiro atoms. The Balaban J connectivity index is 1.91. The van der Waals surface area contributed by atoms with Gasteiger partial charge in [0, 0.05) is 11.0 Å². The molecule has 0 saturated carbocycles. The van der Waals surface area contributed by atoms with Crippen LogP contribution in [0.5, 0.6) is 11.5 Å². The number of phenolic OH excluding ortho intramolecular Hbond substituents is 1. The largest absolute Gasteiger partial charge is 0.506 e. The predicted molar refractivity (Wildman–Crippen MR) is 98.5 cm³/mol. The van der Waals surface area contributed by atoms with Crippen LogP contribution in [0.4, 0.5) is 0 Å². The molecule has 128 valence electrons. The lowest BCUT2D eigenvalue weighted by atomic mass is 10.1. The summed E-state index contributed by atoms with van der Waals surface area (Å²) in [6, 6.07) is 16.0. The van der Waals surface area contributed by atoms with Gasteiger partial charge in [0.25, 0.3) is 0 Å². The summed E-state index contributed by atoms with van der Waals surface area (Å²) in [6.07, 6.45) is 0. The number of ether oxygens (including phenoxy) is 1. The Morgan fingerprint density at radius 2 is 1.73 bits per heavy atom. The van der Waals surface area contributed by atoms with E-state index >= 15 is 0 Å². The monoisotopic (exact) mass is 345 g/mol. The van der Waals surface area contributed by atoms with Gasteiger partial charge in [-0.3, -0.25) is 0 Å². The Morgan fingerprint density at radius 1 is 1.08 bits per heavy atom. The van der Waals surface area contributed by atoms with E-state index < -0.39 is 5.97 Å². The van der Waals surface area contributed by atoms with Crippen LogP contribution in [0.25, 0.3) is 27.5 Å². The molecule has 0 amide bonds. The predicted octanol–water partition coefficient (Wildman–Crippen LogP) is 3.76. The van der Waals surface area contributed by atoms with E-state index in [4.69, 9.17) is 4.74 Å². The fraction of sp³-hybridized carbons (Fsp3) is 0.0500. The smallest absolute Gasteiger partial charge is 0.338 e. The molecule has 0 fully saturated rings. The molecule has 1 heterocycles. The Bertz CT molecular complexity index is 1140. The molecule has 4 aromatic rings. The molecule has 1 aromatic heterocycles. The molecule has 0 atom stereocenters. The number of aromatic nitrogens is 3. The second-order valence-corrected chi connectivity index (χ2v) is 5.96. The molecular formula is C20H15N3O3. The van der Waals surface area contributed by atoms with Crippen molar-refractivity contribution in [3.05, 3.63) is 66.7 Å². The summed E-state index contributed by atoms with van der Waals surface area (Å²) in [6.45, 7) is 5.16. The number of carbonyl (C=O) groups excluding carboxylic acids is 1. The Labute approximate surface area is 148 Å². The molecule has 6 nitrogen and oxygen atoms in total. The minimum atomic E-state index is -0.506. The summed E-state index contributed by atoms with van der Waals surface area (Å²) in [5.74, 6) is -0.121. The molecule has 6 heteroatoms. The second-order valence-electron chi connectivity index (χ2n) is 5.96. The van der Waals surface area contributed by atoms with Gasteiger partial charge in [-0.15, -0.1) is 15.0 Å². The number of phenols is 1. The molecule has 0 aliphatic rings. The minimum Gasteiger partial charge on any atom is -0.506 e. The third-order valence-corrected chi connectivity index (χ3v) is 3.99. The zero-order valence-corrected chi connectivity index (χ0v) is 14.0. The first-order chi connectivity index (χ1) is 12.5. The number of benzene rings is 3. The highest BCUT2D eigenvalue weighted by molar-refractivity contribution is 5.95. The standard InChI is InChI=1S/C20H15N3O3/c1-12(2)20(25)26-14-9-7-13-8-10-18(24)19(15(13)11-14)23-21-16-5-3-4-6-17(16)22-23/h3-11,24H,1H2,2H3. The number of carbonyl (C=O) groups is 1. The first-order valence-electron chi connectivity index (χ1n) is 7.99. The summed E-state index contributed by atoms with van der Waals surface area (Å²) in [4.78, 5) is 13.2. The number of aromatic hydroxyl groups is 1. The van der Waals surface area contributed by atoms with Gasteiger partial charge >= 0.3 is 5.97 Å². The van der Waals surface area contributed by atoms with Crippen LogP contribution in [-0.4, -0.2) is 26.1 Å². The lowest BCUT2D eigenvalue weighted by Gasteiger charge is -2.10. The van der Waals surface area contributed by atoms with Crippen LogP contribution in [0.15, 0.2) is 66.7 Å². The molecule has 1 N–H and O–H groups in total. The van der Waals surface area contributed by atoms with Crippen molar-refractivity contribution in [2.24, 2.45) is 0 Å². The molecule has 3 aromatic carbocycles. The fourth-order valence-corrected chi connectivity index (χ4v) is 2.70. The third kappa shape index (κ3) is 2.67. The Hall–Kier alpha value is -3.67. The van der Waals surface area contributed by atoms with E-state index in [9.17, 15) is 9.90 Å². The molecule has 4 rings (SSSR count). The summed E-state index contributed by atoms with van der Waals surface area (Å²) in [7, 11) is 0. The van der Waals surface area contributed by atoms with Gasteiger partial charge in [0.2, 0.25) is 0 Å². The number of esters is 1. The van der Waals surface area contributed by atoms with Gasteiger partial charge in [-0.1, -0.05) is 30.8 Å². The van der Waals surface area contributed by atoms with Gasteiger partial charge in [0.15, 0.2) is 0 Å². The normalized spacial score (nSPS) is 11.0. The summed E-state index contributed by atoms with van der Waals surface area (Å²) in [5.41, 5.74) is 2.16. The van der Waals surface area contributed by atoms with E-state index in [1.807, 2.05) is 30.3 Å². The van der Waals surface area contributed by atoms with Crippen molar-refractivity contribution < 1.29 is 14.6 Å². The van der Waals surface area contributed by atoms with Crippen LogP contribution in [0, 0.1) is 0 Å². The molecule has 0 bridgehead atoms. The first-order valence-corrected chi connectivity index (χ1v) is 7.99. The molecule has 26 heavy (non-hydrogen) atoms. The van der Waals surface area contributed by atoms with Crippen LogP contribution in [0.1, 0.15) is 6.92 Å². The van der Waals surface area contributed by atoms with Crippen molar-refractivity contribution in [2.75, 3.05) is 0 Å². The Kier molecular flexibility index (Phi) is 3.65. The first kappa shape index (κ1) is 15.8. The van der Waals surface area contributed by atoms with Crippen LogP contribution in [-0.2, 0) is 4.79 Å². The average molecular weight is 345 g/mol. The van der Waals surface area contributed by atoms with Crippen LogP contribution >= 0.6 is 0 Å². The zero-order chi connectivity index (χ0) is 18.3. The summed E-state index contributed by atoms with van der Waals surface area (Å²) >= 11 is 0. The second kappa shape index (κ2) is 6.00. The van der Waals surface area contributed by atoms with Crippen molar-refractivity contribution in [1.82, 2.24) is 15.0 Å². The maximum absolute atomic E-state index is 11.8. The van der Waals surface area contributed by atoms with Crippen molar-refractivity contribution in [1.29, 1.82) is 0 Å². The zero-order valence-electron chi connectivity index (χ0n) is 14.0. The highest BCUT2D eigenvalue weighted by Crippen LogP contribution is 2.33. The van der Waals surface area contributed by atoms with E-state index in [-0.39, 0.29) is 5.75 Å². The SMILES string of the molecule is C=C(C)C(=O)Oc1ccc2ccc(O)c(-n3nc4ccccc4n3)c2c1. The van der Waals surface area contributed by atoms with E-state index in [1.54, 1.807) is 31.2 Å². The van der Waals surface area contributed by atoms with E-state index in [1.165, 1.54) is 4.80 Å². The van der Waals surface area contributed by atoms with Gasteiger partial charge in [0.1, 0.15) is 28.2 Å². The fourth-order valence-electron chi connectivity index (χ4n) is 2.70. The molecule has 0 radical (unpaired) electrons. The minimum absolute atomic E-state index is 0.0289. The average Bonchev–Trinajstić information content (AvgIpc) is 3.04. The van der Waals surface area contributed by atoms with E-state index in [0.717, 1.165) is 5.39 Å². The van der Waals surface area contributed by atoms with Gasteiger partial charge in [-0.2, -0.15) is 0 Å².